The molecule has 15 heavy (non-hydrogen) atoms. The maximum atomic E-state index is 11.9. The van der Waals surface area contributed by atoms with Crippen LogP contribution >= 0.6 is 0 Å². The lowest BCUT2D eigenvalue weighted by atomic mass is 9.93. The van der Waals surface area contributed by atoms with Gasteiger partial charge in [-0.3, -0.25) is 4.79 Å². The Balaban J connectivity index is 2.06. The molecule has 0 bridgehead atoms. The van der Waals surface area contributed by atoms with Crippen molar-refractivity contribution >= 4 is 11.5 Å². The van der Waals surface area contributed by atoms with Gasteiger partial charge in [0.2, 0.25) is 0 Å². The summed E-state index contributed by atoms with van der Waals surface area (Å²) in [5, 5.41) is 3.28. The average molecular weight is 202 g/mol. The first-order valence-corrected chi connectivity index (χ1v) is 5.44. The Bertz CT molecular complexity index is 402. The predicted molar refractivity (Wildman–Crippen MR) is 59.2 cm³/mol. The summed E-state index contributed by atoms with van der Waals surface area (Å²) in [6.45, 7) is 2.71. The molecule has 1 fully saturated rings. The van der Waals surface area contributed by atoms with Crippen LogP contribution in [-0.4, -0.2) is 31.5 Å². The lowest BCUT2D eigenvalue weighted by Crippen LogP contribution is -2.57. The summed E-state index contributed by atoms with van der Waals surface area (Å²) in [7, 11) is 0. The molecular weight excluding hydrogens is 188 g/mol. The lowest BCUT2D eigenvalue weighted by molar-refractivity contribution is -0.120. The number of carbonyl (C=O) groups is 1. The number of nitrogens with zero attached hydrogens (tertiary/aromatic N) is 1. The fourth-order valence-electron chi connectivity index (χ4n) is 2.53. The summed E-state index contributed by atoms with van der Waals surface area (Å²) in [5.74, 6) is 0.348. The van der Waals surface area contributed by atoms with Crippen molar-refractivity contribution in [2.45, 2.75) is 12.5 Å². The van der Waals surface area contributed by atoms with E-state index in [1.54, 1.807) is 0 Å². The molecule has 0 aliphatic carbocycles. The molecular formula is C12H14N2O. The second-order valence-electron chi connectivity index (χ2n) is 4.19. The Hall–Kier alpha value is -1.35. The summed E-state index contributed by atoms with van der Waals surface area (Å²) in [6.07, 6.45) is 0.596. The first-order chi connectivity index (χ1) is 7.36. The van der Waals surface area contributed by atoms with Crippen molar-refractivity contribution in [3.63, 3.8) is 0 Å². The normalized spacial score (nSPS) is 24.7. The van der Waals surface area contributed by atoms with E-state index in [0.717, 1.165) is 19.6 Å². The van der Waals surface area contributed by atoms with Crippen molar-refractivity contribution < 1.29 is 4.79 Å². The number of rotatable bonds is 0. The molecule has 2 aliphatic rings. The minimum absolute atomic E-state index is 0.0636. The van der Waals surface area contributed by atoms with E-state index in [1.807, 2.05) is 12.1 Å². The minimum Gasteiger partial charge on any atom is -0.359 e. The summed E-state index contributed by atoms with van der Waals surface area (Å²) in [5.41, 5.74) is 2.43. The number of para-hydroxylation sites is 1. The summed E-state index contributed by atoms with van der Waals surface area (Å²) < 4.78 is 0. The molecule has 3 nitrogen and oxygen atoms in total. The number of ketones is 1. The minimum atomic E-state index is 0.0636. The van der Waals surface area contributed by atoms with Crippen LogP contribution in [0.4, 0.5) is 5.69 Å². The number of anilines is 1. The number of Topliss-reactive ketones (excluding diaryl/α,β-unsaturated/α-hetero) is 1. The SMILES string of the molecule is O=C1Cc2ccccc2N2CCNCC12. The molecule has 1 saturated heterocycles. The molecule has 0 radical (unpaired) electrons. The predicted octanol–water partition coefficient (Wildman–Crippen LogP) is 0.590. The van der Waals surface area contributed by atoms with Gasteiger partial charge in [0.1, 0.15) is 6.04 Å². The fourth-order valence-corrected chi connectivity index (χ4v) is 2.53. The van der Waals surface area contributed by atoms with Gasteiger partial charge in [-0.2, -0.15) is 0 Å². The summed E-state index contributed by atoms with van der Waals surface area (Å²) in [6, 6.07) is 8.31. The number of benzene rings is 1. The highest BCUT2D eigenvalue weighted by Gasteiger charge is 2.33. The molecule has 2 aliphatic heterocycles. The van der Waals surface area contributed by atoms with Gasteiger partial charge in [-0.25, -0.2) is 0 Å². The molecule has 1 aromatic carbocycles. The van der Waals surface area contributed by atoms with Gasteiger partial charge in [0.25, 0.3) is 0 Å². The zero-order valence-electron chi connectivity index (χ0n) is 8.57. The largest absolute Gasteiger partial charge is 0.359 e. The van der Waals surface area contributed by atoms with Crippen LogP contribution in [0.2, 0.25) is 0 Å². The molecule has 0 amide bonds. The molecule has 1 atom stereocenters. The van der Waals surface area contributed by atoms with E-state index in [1.165, 1.54) is 11.3 Å². The van der Waals surface area contributed by atoms with E-state index in [9.17, 15) is 4.79 Å². The third kappa shape index (κ3) is 1.35. The molecule has 0 saturated carbocycles. The number of hydrogen-bond acceptors (Lipinski definition) is 3. The molecule has 0 spiro atoms. The first kappa shape index (κ1) is 8.92. The highest BCUT2D eigenvalue weighted by Crippen LogP contribution is 2.29. The van der Waals surface area contributed by atoms with Crippen LogP contribution in [0.5, 0.6) is 0 Å². The van der Waals surface area contributed by atoms with Gasteiger partial charge in [0, 0.05) is 31.7 Å². The van der Waals surface area contributed by atoms with Gasteiger partial charge >= 0.3 is 0 Å². The second-order valence-corrected chi connectivity index (χ2v) is 4.19. The zero-order chi connectivity index (χ0) is 10.3. The van der Waals surface area contributed by atoms with Crippen molar-refractivity contribution in [2.75, 3.05) is 24.5 Å². The van der Waals surface area contributed by atoms with Gasteiger partial charge in [0.15, 0.2) is 5.78 Å². The molecule has 3 heteroatoms. The average Bonchev–Trinajstić information content (AvgIpc) is 2.30. The molecule has 1 unspecified atom stereocenters. The number of piperazine rings is 1. The monoisotopic (exact) mass is 202 g/mol. The first-order valence-electron chi connectivity index (χ1n) is 5.44. The van der Waals surface area contributed by atoms with E-state index < -0.39 is 0 Å². The second kappa shape index (κ2) is 3.35. The molecule has 78 valence electrons. The third-order valence-corrected chi connectivity index (χ3v) is 3.28. The third-order valence-electron chi connectivity index (χ3n) is 3.28. The summed E-state index contributed by atoms with van der Waals surface area (Å²) >= 11 is 0. The summed E-state index contributed by atoms with van der Waals surface area (Å²) in [4.78, 5) is 14.2. The topological polar surface area (TPSA) is 32.3 Å². The molecule has 3 rings (SSSR count). The Morgan fingerprint density at radius 3 is 3.13 bits per heavy atom. The van der Waals surface area contributed by atoms with Crippen molar-refractivity contribution in [1.29, 1.82) is 0 Å². The van der Waals surface area contributed by atoms with Crippen LogP contribution in [0.15, 0.2) is 24.3 Å². The fraction of sp³-hybridized carbons (Fsp3) is 0.417. The number of hydrogen-bond donors (Lipinski definition) is 1. The van der Waals surface area contributed by atoms with E-state index >= 15 is 0 Å². The Kier molecular flexibility index (Phi) is 1.99. The maximum absolute atomic E-state index is 11.9. The van der Waals surface area contributed by atoms with Gasteiger partial charge in [-0.1, -0.05) is 18.2 Å². The smallest absolute Gasteiger partial charge is 0.160 e. The number of fused-ring (bicyclic) bond motifs is 3. The molecule has 0 aromatic heterocycles. The van der Waals surface area contributed by atoms with Crippen molar-refractivity contribution in [3.8, 4) is 0 Å². The van der Waals surface area contributed by atoms with E-state index in [0.29, 0.717) is 12.2 Å². The molecule has 1 aromatic rings. The van der Waals surface area contributed by atoms with Gasteiger partial charge in [-0.05, 0) is 11.6 Å². The molecule has 2 heterocycles. The lowest BCUT2D eigenvalue weighted by Gasteiger charge is -2.41. The van der Waals surface area contributed by atoms with Crippen LogP contribution < -0.4 is 10.2 Å². The van der Waals surface area contributed by atoms with Crippen molar-refractivity contribution in [3.05, 3.63) is 29.8 Å². The number of carbonyl (C=O) groups excluding carboxylic acids is 1. The molecule has 1 N–H and O–H groups in total. The number of nitrogens with one attached hydrogen (secondary N) is 1. The van der Waals surface area contributed by atoms with E-state index in [-0.39, 0.29) is 6.04 Å². The van der Waals surface area contributed by atoms with Crippen LogP contribution in [0.1, 0.15) is 5.56 Å². The maximum Gasteiger partial charge on any atom is 0.160 e. The van der Waals surface area contributed by atoms with Crippen LogP contribution in [0.25, 0.3) is 0 Å². The van der Waals surface area contributed by atoms with Gasteiger partial charge < -0.3 is 10.2 Å². The Morgan fingerprint density at radius 1 is 1.33 bits per heavy atom. The van der Waals surface area contributed by atoms with E-state index in [4.69, 9.17) is 0 Å². The Morgan fingerprint density at radius 2 is 2.20 bits per heavy atom. The van der Waals surface area contributed by atoms with Crippen LogP contribution in [-0.2, 0) is 11.2 Å². The van der Waals surface area contributed by atoms with Gasteiger partial charge in [-0.15, -0.1) is 0 Å². The van der Waals surface area contributed by atoms with Crippen LogP contribution in [0, 0.1) is 0 Å². The standard InChI is InChI=1S/C12H14N2O/c15-12-7-9-3-1-2-4-10(9)14-6-5-13-8-11(12)14/h1-4,11,13H,5-8H2. The van der Waals surface area contributed by atoms with E-state index in [2.05, 4.69) is 22.3 Å². The quantitative estimate of drug-likeness (QED) is 0.668. The highest BCUT2D eigenvalue weighted by atomic mass is 16.1. The zero-order valence-corrected chi connectivity index (χ0v) is 8.57. The van der Waals surface area contributed by atoms with Crippen molar-refractivity contribution in [1.82, 2.24) is 5.32 Å². The Labute approximate surface area is 89.1 Å². The highest BCUT2D eigenvalue weighted by molar-refractivity contribution is 5.93. The van der Waals surface area contributed by atoms with Crippen LogP contribution in [0.3, 0.4) is 0 Å². The van der Waals surface area contributed by atoms with Gasteiger partial charge in [0.05, 0.1) is 0 Å². The van der Waals surface area contributed by atoms with Crippen molar-refractivity contribution in [2.24, 2.45) is 0 Å².